The van der Waals surface area contributed by atoms with Gasteiger partial charge in [0.2, 0.25) is 5.91 Å². The quantitative estimate of drug-likeness (QED) is 0.232. The summed E-state index contributed by atoms with van der Waals surface area (Å²) in [5, 5.41) is 23.4. The van der Waals surface area contributed by atoms with Crippen molar-refractivity contribution in [1.82, 2.24) is 10.2 Å². The Balaban J connectivity index is 1.19. The second-order valence-corrected chi connectivity index (χ2v) is 18.0. The summed E-state index contributed by atoms with van der Waals surface area (Å²) < 4.78 is 6.61. The van der Waals surface area contributed by atoms with E-state index in [1.807, 2.05) is 0 Å². The summed E-state index contributed by atoms with van der Waals surface area (Å²) in [4.78, 5) is 16.8. The Morgan fingerprint density at radius 1 is 0.870 bits per heavy atom. The molecular weight excluding hydrogens is 572 g/mol. The van der Waals surface area contributed by atoms with E-state index >= 15 is 0 Å². The number of rotatable bonds is 4. The van der Waals surface area contributed by atoms with Crippen molar-refractivity contribution in [3.63, 3.8) is 0 Å². The van der Waals surface area contributed by atoms with Crippen molar-refractivity contribution in [2.75, 3.05) is 26.2 Å². The smallest absolute Gasteiger partial charge is 0.229 e. The summed E-state index contributed by atoms with van der Waals surface area (Å²) in [6.07, 6.45) is 11.5. The Kier molecular flexibility index (Phi) is 7.67. The zero-order valence-corrected chi connectivity index (χ0v) is 29.5. The number of ether oxygens (including phenoxy) is 1. The number of allylic oxidation sites excluding steroid dienone is 1. The highest BCUT2D eigenvalue weighted by Gasteiger charge is 2.72. The first-order valence-electron chi connectivity index (χ1n) is 18.5. The summed E-state index contributed by atoms with van der Waals surface area (Å²) >= 11 is 0. The molecule has 1 heterocycles. The van der Waals surface area contributed by atoms with Gasteiger partial charge >= 0.3 is 0 Å². The van der Waals surface area contributed by atoms with Crippen LogP contribution in [0.4, 0.5) is 0 Å². The molecule has 1 aromatic rings. The van der Waals surface area contributed by atoms with E-state index in [0.29, 0.717) is 41.2 Å². The molecule has 5 saturated carbocycles. The summed E-state index contributed by atoms with van der Waals surface area (Å²) in [5.74, 6) is 3.49. The number of nitrogens with zero attached hydrogens (tertiary/aromatic N) is 1. The van der Waals surface area contributed by atoms with E-state index in [9.17, 15) is 15.0 Å². The molecular formula is C40H60N2O4. The van der Waals surface area contributed by atoms with Gasteiger partial charge in [0, 0.05) is 37.7 Å². The minimum Gasteiger partial charge on any atom is -0.504 e. The molecule has 0 radical (unpaired) electrons. The predicted molar refractivity (Wildman–Crippen MR) is 183 cm³/mol. The number of fused-ring (bicyclic) bond motifs is 7. The Morgan fingerprint density at radius 3 is 2.30 bits per heavy atom. The first kappa shape index (κ1) is 32.3. The van der Waals surface area contributed by atoms with Gasteiger partial charge in [0.1, 0.15) is 11.9 Å². The van der Waals surface area contributed by atoms with Gasteiger partial charge in [0.25, 0.3) is 0 Å². The maximum atomic E-state index is 14.6. The van der Waals surface area contributed by atoms with Crippen LogP contribution in [0.3, 0.4) is 0 Å². The third-order valence-corrected chi connectivity index (χ3v) is 16.1. The van der Waals surface area contributed by atoms with Gasteiger partial charge in [0.15, 0.2) is 11.5 Å². The van der Waals surface area contributed by atoms with Crippen LogP contribution >= 0.6 is 0 Å². The molecule has 6 aliphatic rings. The zero-order valence-electron chi connectivity index (χ0n) is 29.5. The van der Waals surface area contributed by atoms with Crippen LogP contribution in [-0.2, 0) is 4.79 Å². The molecule has 6 heteroatoms. The molecule has 254 valence electrons. The van der Waals surface area contributed by atoms with Gasteiger partial charge in [-0.15, -0.1) is 0 Å². The molecule has 10 atom stereocenters. The lowest BCUT2D eigenvalue weighted by Crippen LogP contribution is -2.68. The van der Waals surface area contributed by atoms with Crippen LogP contribution in [-0.4, -0.2) is 53.3 Å². The number of hydrogen-bond acceptors (Lipinski definition) is 5. The van der Waals surface area contributed by atoms with Crippen molar-refractivity contribution < 1.29 is 19.7 Å². The highest BCUT2D eigenvalue weighted by Crippen LogP contribution is 2.77. The van der Waals surface area contributed by atoms with E-state index < -0.39 is 0 Å². The van der Waals surface area contributed by atoms with Crippen molar-refractivity contribution in [3.8, 4) is 17.2 Å². The molecule has 1 aliphatic heterocycles. The molecule has 0 bridgehead atoms. The van der Waals surface area contributed by atoms with Crippen LogP contribution < -0.4 is 10.1 Å². The number of phenols is 2. The number of phenolic OH excluding ortho intramolecular Hbond substituents is 2. The molecule has 3 N–H and O–H groups in total. The summed E-state index contributed by atoms with van der Waals surface area (Å²) in [6, 6.07) is 4.85. The minimum absolute atomic E-state index is 0.0203. The van der Waals surface area contributed by atoms with E-state index in [1.54, 1.807) is 12.1 Å². The monoisotopic (exact) mass is 632 g/mol. The van der Waals surface area contributed by atoms with Gasteiger partial charge in [-0.3, -0.25) is 4.79 Å². The molecule has 6 nitrogen and oxygen atoms in total. The number of carbonyl (C=O) groups is 1. The van der Waals surface area contributed by atoms with Gasteiger partial charge in [0.05, 0.1) is 5.41 Å². The topological polar surface area (TPSA) is 82.0 Å². The molecule has 6 fully saturated rings. The van der Waals surface area contributed by atoms with Crippen molar-refractivity contribution in [2.45, 2.75) is 112 Å². The van der Waals surface area contributed by atoms with Crippen LogP contribution in [0, 0.1) is 56.7 Å². The van der Waals surface area contributed by atoms with Gasteiger partial charge < -0.3 is 25.2 Å². The third kappa shape index (κ3) is 4.39. The number of benzene rings is 1. The molecule has 1 aromatic carbocycles. The van der Waals surface area contributed by atoms with E-state index in [-0.39, 0.29) is 44.7 Å². The zero-order chi connectivity index (χ0) is 32.9. The number of nitrogens with one attached hydrogen (secondary N) is 1. The van der Waals surface area contributed by atoms with Crippen molar-refractivity contribution in [3.05, 3.63) is 30.4 Å². The Morgan fingerprint density at radius 2 is 1.61 bits per heavy atom. The largest absolute Gasteiger partial charge is 0.504 e. The van der Waals surface area contributed by atoms with Crippen LogP contribution in [0.15, 0.2) is 30.4 Å². The number of carbonyl (C=O) groups excluding carboxylic acids is 1. The van der Waals surface area contributed by atoms with Crippen molar-refractivity contribution >= 4 is 5.91 Å². The molecule has 7 rings (SSSR count). The fourth-order valence-electron chi connectivity index (χ4n) is 13.6. The van der Waals surface area contributed by atoms with Crippen LogP contribution in [0.2, 0.25) is 0 Å². The van der Waals surface area contributed by atoms with Gasteiger partial charge in [-0.05, 0) is 129 Å². The second kappa shape index (κ2) is 10.9. The normalized spacial score (nSPS) is 44.7. The van der Waals surface area contributed by atoms with Gasteiger partial charge in [-0.25, -0.2) is 0 Å². The fourth-order valence-corrected chi connectivity index (χ4v) is 13.6. The Bertz CT molecular complexity index is 1380. The fraction of sp³-hybridized carbons (Fsp3) is 0.775. The Hall–Kier alpha value is -2.21. The van der Waals surface area contributed by atoms with E-state index in [0.717, 1.165) is 58.3 Å². The molecule has 0 aromatic heterocycles. The van der Waals surface area contributed by atoms with Crippen LogP contribution in [0.5, 0.6) is 17.2 Å². The standard InChI is InChI=1S/C40H60N2O4/c1-25(2)27-12-17-40(35(45)42-22-20-41-21-23-42)19-18-38(6)28(34(27)40)9-11-32-37(5)15-14-33(46-26-8-10-29(43)30(44)24-26)36(3,4)31(37)13-16-39(32,38)7/h8,10,24,27-28,31-34,41,43-44H,1,9,11-23H2,2-7H3/t27-,28+,31-,32+,33-,34+,37-,38+,39+,40-/m0/s1. The minimum atomic E-state index is -0.213. The maximum Gasteiger partial charge on any atom is 0.229 e. The lowest BCUT2D eigenvalue weighted by atomic mass is 9.32. The number of aromatic hydroxyl groups is 2. The molecule has 1 saturated heterocycles. The number of hydrogen-bond donors (Lipinski definition) is 3. The highest BCUT2D eigenvalue weighted by atomic mass is 16.5. The summed E-state index contributed by atoms with van der Waals surface area (Å²) in [6.45, 7) is 23.1. The second-order valence-electron chi connectivity index (χ2n) is 18.0. The lowest BCUT2D eigenvalue weighted by Gasteiger charge is -2.73. The number of piperazine rings is 1. The summed E-state index contributed by atoms with van der Waals surface area (Å²) in [7, 11) is 0. The lowest BCUT2D eigenvalue weighted by molar-refractivity contribution is -0.245. The molecule has 0 unspecified atom stereocenters. The molecule has 5 aliphatic carbocycles. The number of amides is 1. The Labute approximate surface area is 277 Å². The SMILES string of the molecule is C=C(C)[C@@H]1CC[C@]2(C(=O)N3CCNCC3)CC[C@]3(C)[C@H](CC[C@@H]4[C@@]5(C)CC[C@H](Oc6ccc(O)c(O)c6)C(C)(C)[C@@H]5CC[C@]43C)[C@@H]12. The van der Waals surface area contributed by atoms with E-state index in [2.05, 4.69) is 58.3 Å². The van der Waals surface area contributed by atoms with Crippen LogP contribution in [0.25, 0.3) is 0 Å². The van der Waals surface area contributed by atoms with E-state index in [4.69, 9.17) is 4.74 Å². The van der Waals surface area contributed by atoms with Gasteiger partial charge in [-0.1, -0.05) is 46.8 Å². The van der Waals surface area contributed by atoms with Crippen LogP contribution in [0.1, 0.15) is 106 Å². The average Bonchev–Trinajstić information content (AvgIpc) is 3.42. The molecule has 46 heavy (non-hydrogen) atoms. The van der Waals surface area contributed by atoms with E-state index in [1.165, 1.54) is 43.7 Å². The average molecular weight is 633 g/mol. The van der Waals surface area contributed by atoms with Crippen molar-refractivity contribution in [2.24, 2.45) is 56.7 Å². The third-order valence-electron chi connectivity index (χ3n) is 16.1. The first-order valence-corrected chi connectivity index (χ1v) is 18.5. The first-order chi connectivity index (χ1) is 21.7. The molecule has 0 spiro atoms. The van der Waals surface area contributed by atoms with Crippen molar-refractivity contribution in [1.29, 1.82) is 0 Å². The maximum absolute atomic E-state index is 14.6. The molecule has 1 amide bonds. The summed E-state index contributed by atoms with van der Waals surface area (Å²) in [5.41, 5.74) is 1.74. The highest BCUT2D eigenvalue weighted by molar-refractivity contribution is 5.84. The van der Waals surface area contributed by atoms with Gasteiger partial charge in [-0.2, -0.15) is 0 Å². The predicted octanol–water partition coefficient (Wildman–Crippen LogP) is 7.93.